The van der Waals surface area contributed by atoms with E-state index in [1.54, 1.807) is 0 Å². The van der Waals surface area contributed by atoms with E-state index in [2.05, 4.69) is 5.32 Å². The molecule has 3 aromatic rings. The van der Waals surface area contributed by atoms with Crippen molar-refractivity contribution in [2.45, 2.75) is 44.6 Å². The average molecular weight is 505 g/mol. The first-order valence-electron chi connectivity index (χ1n) is 11.8. The summed E-state index contributed by atoms with van der Waals surface area (Å²) in [6.07, 6.45) is -1.30. The second kappa shape index (κ2) is 9.93. The molecular formula is C28H28N2O7. The van der Waals surface area contributed by atoms with Gasteiger partial charge in [-0.3, -0.25) is 10.1 Å². The minimum Gasteiger partial charge on any atom is -0.502 e. The highest BCUT2D eigenvalue weighted by Crippen LogP contribution is 2.44. The number of ether oxygens (including phenoxy) is 1. The van der Waals surface area contributed by atoms with Crippen molar-refractivity contribution in [2.75, 3.05) is 6.61 Å². The predicted octanol–water partition coefficient (Wildman–Crippen LogP) is 5.13. The number of hydrogen-bond acceptors (Lipinski definition) is 6. The molecule has 4 rings (SSSR count). The molecule has 1 aliphatic rings. The second-order valence-electron chi connectivity index (χ2n) is 10.1. The highest BCUT2D eigenvalue weighted by atomic mass is 16.6. The van der Waals surface area contributed by atoms with Crippen LogP contribution in [0.3, 0.4) is 0 Å². The third-order valence-corrected chi connectivity index (χ3v) is 6.59. The van der Waals surface area contributed by atoms with Crippen molar-refractivity contribution in [1.82, 2.24) is 5.32 Å². The molecule has 3 N–H and O–H groups in total. The van der Waals surface area contributed by atoms with Crippen LogP contribution >= 0.6 is 0 Å². The molecule has 1 atom stereocenters. The molecule has 37 heavy (non-hydrogen) atoms. The molecule has 0 aromatic heterocycles. The zero-order valence-electron chi connectivity index (χ0n) is 20.7. The molecule has 0 saturated carbocycles. The van der Waals surface area contributed by atoms with Gasteiger partial charge in [-0.1, -0.05) is 75.4 Å². The summed E-state index contributed by atoms with van der Waals surface area (Å²) in [5.41, 5.74) is 3.74. The van der Waals surface area contributed by atoms with Crippen LogP contribution in [0.5, 0.6) is 5.75 Å². The summed E-state index contributed by atoms with van der Waals surface area (Å²) in [6.45, 7) is 5.53. The molecule has 3 aromatic carbocycles. The molecule has 0 saturated heterocycles. The quantitative estimate of drug-likeness (QED) is 0.299. The summed E-state index contributed by atoms with van der Waals surface area (Å²) in [5.74, 6) is -2.19. The fourth-order valence-corrected chi connectivity index (χ4v) is 4.61. The molecule has 9 heteroatoms. The number of rotatable bonds is 7. The van der Waals surface area contributed by atoms with E-state index in [1.165, 1.54) is 12.1 Å². The lowest BCUT2D eigenvalue weighted by atomic mass is 9.84. The van der Waals surface area contributed by atoms with E-state index in [4.69, 9.17) is 4.74 Å². The van der Waals surface area contributed by atoms with Crippen molar-refractivity contribution >= 4 is 17.7 Å². The van der Waals surface area contributed by atoms with Crippen LogP contribution in [0.15, 0.2) is 60.7 Å². The Labute approximate surface area is 213 Å². The first-order valence-corrected chi connectivity index (χ1v) is 11.8. The Kier molecular flexibility index (Phi) is 6.89. The standard InChI is InChI=1S/C28H28N2O7/c1-28(2,3)17-12-16(25(31)24(14-17)30(35)36)13-23(26(32)33)29-27(34)37-15-22-20-10-6-4-8-18(20)19-9-5-7-11-21(19)22/h4-12,14,22-23,31H,13,15H2,1-3H3,(H,29,34)(H,32,33). The van der Waals surface area contributed by atoms with Gasteiger partial charge in [0.1, 0.15) is 12.6 Å². The van der Waals surface area contributed by atoms with Crippen LogP contribution in [0.2, 0.25) is 0 Å². The van der Waals surface area contributed by atoms with Gasteiger partial charge in [0, 0.05) is 24.0 Å². The highest BCUT2D eigenvalue weighted by Gasteiger charge is 2.31. The van der Waals surface area contributed by atoms with Gasteiger partial charge in [0.25, 0.3) is 0 Å². The third kappa shape index (κ3) is 5.25. The van der Waals surface area contributed by atoms with E-state index in [9.17, 15) is 29.9 Å². The van der Waals surface area contributed by atoms with Gasteiger partial charge < -0.3 is 20.3 Å². The monoisotopic (exact) mass is 504 g/mol. The normalized spacial score (nSPS) is 13.4. The van der Waals surface area contributed by atoms with Crippen molar-refractivity contribution in [2.24, 2.45) is 0 Å². The van der Waals surface area contributed by atoms with Crippen molar-refractivity contribution in [1.29, 1.82) is 0 Å². The fraction of sp³-hybridized carbons (Fsp3) is 0.286. The SMILES string of the molecule is CC(C)(C)c1cc(CC(NC(=O)OCC2c3ccccc3-c3ccccc32)C(=O)O)c(O)c([N+](=O)[O-])c1. The van der Waals surface area contributed by atoms with Crippen LogP contribution in [0.25, 0.3) is 11.1 Å². The van der Waals surface area contributed by atoms with Crippen LogP contribution < -0.4 is 5.32 Å². The molecule has 1 amide bonds. The number of nitro benzene ring substituents is 1. The zero-order valence-corrected chi connectivity index (χ0v) is 20.7. The number of alkyl carbamates (subject to hydrolysis) is 1. The lowest BCUT2D eigenvalue weighted by molar-refractivity contribution is -0.386. The Balaban J connectivity index is 1.51. The van der Waals surface area contributed by atoms with Crippen molar-refractivity contribution in [3.05, 3.63) is 93.0 Å². The average Bonchev–Trinajstić information content (AvgIpc) is 3.16. The molecule has 0 fully saturated rings. The van der Waals surface area contributed by atoms with Gasteiger partial charge in [0.05, 0.1) is 4.92 Å². The summed E-state index contributed by atoms with van der Waals surface area (Å²) in [4.78, 5) is 35.4. The fourth-order valence-electron chi connectivity index (χ4n) is 4.61. The minimum atomic E-state index is -1.48. The maximum absolute atomic E-state index is 12.6. The van der Waals surface area contributed by atoms with Gasteiger partial charge in [-0.05, 0) is 33.2 Å². The number of aliphatic carboxylic acids is 1. The number of nitrogens with one attached hydrogen (secondary N) is 1. The Hall–Kier alpha value is -4.40. The summed E-state index contributed by atoms with van der Waals surface area (Å²) < 4.78 is 5.44. The number of benzene rings is 3. The van der Waals surface area contributed by atoms with E-state index < -0.39 is 39.9 Å². The third-order valence-electron chi connectivity index (χ3n) is 6.59. The Morgan fingerprint density at radius 2 is 1.62 bits per heavy atom. The number of hydrogen-bond donors (Lipinski definition) is 3. The summed E-state index contributed by atoms with van der Waals surface area (Å²) >= 11 is 0. The van der Waals surface area contributed by atoms with E-state index in [1.807, 2.05) is 69.3 Å². The van der Waals surface area contributed by atoms with Gasteiger partial charge in [-0.15, -0.1) is 0 Å². The molecular weight excluding hydrogens is 476 g/mol. The van der Waals surface area contributed by atoms with Crippen molar-refractivity contribution in [3.63, 3.8) is 0 Å². The lowest BCUT2D eigenvalue weighted by Crippen LogP contribution is -2.43. The molecule has 1 unspecified atom stereocenters. The Morgan fingerprint density at radius 1 is 1.05 bits per heavy atom. The van der Waals surface area contributed by atoms with Gasteiger partial charge in [0.15, 0.2) is 5.75 Å². The van der Waals surface area contributed by atoms with E-state index in [-0.39, 0.29) is 24.5 Å². The number of carboxylic acids is 1. The largest absolute Gasteiger partial charge is 0.502 e. The summed E-state index contributed by atoms with van der Waals surface area (Å²) in [7, 11) is 0. The number of aromatic hydroxyl groups is 1. The minimum absolute atomic E-state index is 0.00241. The first-order chi connectivity index (χ1) is 17.5. The Morgan fingerprint density at radius 3 is 2.14 bits per heavy atom. The number of nitrogens with zero attached hydrogens (tertiary/aromatic N) is 1. The van der Waals surface area contributed by atoms with Gasteiger partial charge in [-0.2, -0.15) is 0 Å². The van der Waals surface area contributed by atoms with E-state index in [0.717, 1.165) is 22.3 Å². The highest BCUT2D eigenvalue weighted by molar-refractivity contribution is 5.81. The number of carbonyl (C=O) groups is 2. The molecule has 0 bridgehead atoms. The number of carbonyl (C=O) groups excluding carboxylic acids is 1. The number of phenols is 1. The van der Waals surface area contributed by atoms with Crippen LogP contribution in [0.1, 0.15) is 48.9 Å². The van der Waals surface area contributed by atoms with Gasteiger partial charge in [-0.25, -0.2) is 9.59 Å². The topological polar surface area (TPSA) is 139 Å². The maximum Gasteiger partial charge on any atom is 0.407 e. The van der Waals surface area contributed by atoms with Crippen LogP contribution in [-0.4, -0.2) is 39.8 Å². The molecule has 192 valence electrons. The molecule has 9 nitrogen and oxygen atoms in total. The zero-order chi connectivity index (χ0) is 26.9. The number of amides is 1. The van der Waals surface area contributed by atoms with Gasteiger partial charge >= 0.3 is 17.7 Å². The molecule has 1 aliphatic carbocycles. The summed E-state index contributed by atoms with van der Waals surface area (Å²) in [5, 5.41) is 34.0. The second-order valence-corrected chi connectivity index (χ2v) is 10.1. The van der Waals surface area contributed by atoms with E-state index in [0.29, 0.717) is 5.56 Å². The van der Waals surface area contributed by atoms with Crippen LogP contribution in [-0.2, 0) is 21.4 Å². The van der Waals surface area contributed by atoms with E-state index >= 15 is 0 Å². The number of fused-ring (bicyclic) bond motifs is 3. The molecule has 0 radical (unpaired) electrons. The predicted molar refractivity (Wildman–Crippen MR) is 137 cm³/mol. The number of carboxylic acid groups (broad SMARTS) is 1. The molecule has 0 aliphatic heterocycles. The van der Waals surface area contributed by atoms with Crippen LogP contribution in [0.4, 0.5) is 10.5 Å². The maximum atomic E-state index is 12.6. The number of nitro groups is 1. The number of phenolic OH excluding ortho intramolecular Hbond substituents is 1. The lowest BCUT2D eigenvalue weighted by Gasteiger charge is -2.22. The van der Waals surface area contributed by atoms with Crippen molar-refractivity contribution in [3.8, 4) is 16.9 Å². The molecule has 0 spiro atoms. The van der Waals surface area contributed by atoms with Gasteiger partial charge in [0.2, 0.25) is 0 Å². The van der Waals surface area contributed by atoms with Crippen LogP contribution in [0, 0.1) is 10.1 Å². The summed E-state index contributed by atoms with van der Waals surface area (Å²) in [6, 6.07) is 17.0. The molecule has 0 heterocycles. The smallest absolute Gasteiger partial charge is 0.407 e. The first kappa shape index (κ1) is 25.7. The van der Waals surface area contributed by atoms with Crippen molar-refractivity contribution < 1.29 is 29.5 Å². The Bertz CT molecular complexity index is 1330.